The third-order valence-corrected chi connectivity index (χ3v) is 6.68. The molecule has 2 saturated heterocycles. The van der Waals surface area contributed by atoms with Crippen molar-refractivity contribution in [2.24, 2.45) is 5.41 Å². The third-order valence-electron chi connectivity index (χ3n) is 4.95. The van der Waals surface area contributed by atoms with Crippen LogP contribution >= 0.6 is 0 Å². The lowest BCUT2D eigenvalue weighted by Gasteiger charge is -2.22. The van der Waals surface area contributed by atoms with Crippen molar-refractivity contribution < 1.29 is 32.0 Å². The van der Waals surface area contributed by atoms with Gasteiger partial charge in [-0.25, -0.2) is 13.2 Å². The van der Waals surface area contributed by atoms with Gasteiger partial charge in [0.05, 0.1) is 29.0 Å². The van der Waals surface area contributed by atoms with E-state index in [0.29, 0.717) is 0 Å². The fraction of sp³-hybridized carbons (Fsp3) is 0.500. The van der Waals surface area contributed by atoms with E-state index >= 15 is 0 Å². The molecule has 0 aliphatic carbocycles. The number of imide groups is 1. The lowest BCUT2D eigenvalue weighted by Crippen LogP contribution is -2.53. The Kier molecular flexibility index (Phi) is 5.54. The molecule has 162 valence electrons. The largest absolute Gasteiger partial charge is 0.417 e. The molecule has 0 bridgehead atoms. The Morgan fingerprint density at radius 1 is 1.13 bits per heavy atom. The van der Waals surface area contributed by atoms with Gasteiger partial charge in [-0.15, -0.1) is 0 Å². The van der Waals surface area contributed by atoms with Crippen molar-refractivity contribution in [2.45, 2.75) is 32.4 Å². The maximum absolute atomic E-state index is 12.4. The van der Waals surface area contributed by atoms with Gasteiger partial charge in [-0.1, -0.05) is 19.9 Å². The molecule has 4 amide bonds. The van der Waals surface area contributed by atoms with Gasteiger partial charge in [-0.05, 0) is 6.07 Å². The highest BCUT2D eigenvalue weighted by Crippen LogP contribution is 2.31. The van der Waals surface area contributed by atoms with E-state index in [-0.39, 0.29) is 12.2 Å². The normalized spacial score (nSPS) is 24.7. The SMILES string of the molecule is CC1(C)CC(=O)N(CC(=O)NC2CS(=O)(=O)CC2NC(=O)c2cccc(=O)o2)C1=O. The summed E-state index contributed by atoms with van der Waals surface area (Å²) in [5.74, 6) is -3.63. The van der Waals surface area contributed by atoms with E-state index in [1.54, 1.807) is 13.8 Å². The van der Waals surface area contributed by atoms with Crippen LogP contribution in [-0.2, 0) is 24.2 Å². The van der Waals surface area contributed by atoms with Crippen LogP contribution in [0.2, 0.25) is 0 Å². The molecule has 2 aliphatic heterocycles. The molecule has 1 aromatic rings. The highest BCUT2D eigenvalue weighted by Gasteiger charge is 2.46. The van der Waals surface area contributed by atoms with Gasteiger partial charge >= 0.3 is 5.63 Å². The minimum atomic E-state index is -3.56. The van der Waals surface area contributed by atoms with Crippen molar-refractivity contribution >= 4 is 33.5 Å². The van der Waals surface area contributed by atoms with E-state index in [1.807, 2.05) is 0 Å². The van der Waals surface area contributed by atoms with E-state index < -0.39 is 74.6 Å². The standard InChI is InChI=1S/C18H21N3O8S/c1-18(2)6-14(23)21(17(18)26)7-13(22)19-10-8-30(27,28)9-11(10)20-16(25)12-4-3-5-15(24)29-12/h3-5,10-11H,6-9H2,1-2H3,(H,19,22)(H,20,25). The molecule has 2 aliphatic rings. The summed E-state index contributed by atoms with van der Waals surface area (Å²) in [6.07, 6.45) is -0.0160. The first-order chi connectivity index (χ1) is 13.9. The summed E-state index contributed by atoms with van der Waals surface area (Å²) in [5, 5.41) is 4.92. The summed E-state index contributed by atoms with van der Waals surface area (Å²) >= 11 is 0. The molecule has 0 saturated carbocycles. The number of hydrogen-bond acceptors (Lipinski definition) is 8. The molecule has 1 aromatic heterocycles. The molecule has 11 nitrogen and oxygen atoms in total. The number of amides is 4. The van der Waals surface area contributed by atoms with E-state index in [1.165, 1.54) is 12.1 Å². The molecule has 30 heavy (non-hydrogen) atoms. The second-order valence-corrected chi connectivity index (χ2v) is 10.1. The first-order valence-corrected chi connectivity index (χ1v) is 11.0. The minimum Gasteiger partial charge on any atom is -0.417 e. The number of likely N-dealkylation sites (tertiary alicyclic amines) is 1. The molecule has 2 atom stereocenters. The number of hydrogen-bond donors (Lipinski definition) is 2. The van der Waals surface area contributed by atoms with Gasteiger partial charge in [0.15, 0.2) is 15.6 Å². The van der Waals surface area contributed by atoms with Crippen LogP contribution < -0.4 is 16.3 Å². The highest BCUT2D eigenvalue weighted by molar-refractivity contribution is 7.91. The molecule has 0 aromatic carbocycles. The van der Waals surface area contributed by atoms with Gasteiger partial charge in [-0.3, -0.25) is 24.1 Å². The van der Waals surface area contributed by atoms with Crippen molar-refractivity contribution in [3.05, 3.63) is 34.4 Å². The Hall–Kier alpha value is -3.02. The number of rotatable bonds is 5. The Morgan fingerprint density at radius 2 is 1.77 bits per heavy atom. The summed E-state index contributed by atoms with van der Waals surface area (Å²) < 4.78 is 28.9. The van der Waals surface area contributed by atoms with Crippen LogP contribution in [0.25, 0.3) is 0 Å². The van der Waals surface area contributed by atoms with Crippen LogP contribution in [0, 0.1) is 5.41 Å². The maximum atomic E-state index is 12.4. The number of sulfone groups is 1. The monoisotopic (exact) mass is 439 g/mol. The highest BCUT2D eigenvalue weighted by atomic mass is 32.2. The average molecular weight is 439 g/mol. The topological polar surface area (TPSA) is 160 Å². The smallest absolute Gasteiger partial charge is 0.336 e. The average Bonchev–Trinajstić information content (AvgIpc) is 3.00. The second kappa shape index (κ2) is 7.67. The van der Waals surface area contributed by atoms with Gasteiger partial charge in [0.25, 0.3) is 5.91 Å². The predicted octanol–water partition coefficient (Wildman–Crippen LogP) is -1.56. The Balaban J connectivity index is 1.68. The van der Waals surface area contributed by atoms with Crippen molar-refractivity contribution in [1.29, 1.82) is 0 Å². The lowest BCUT2D eigenvalue weighted by molar-refractivity contribution is -0.144. The molecule has 0 spiro atoms. The lowest BCUT2D eigenvalue weighted by atomic mass is 9.92. The summed E-state index contributed by atoms with van der Waals surface area (Å²) in [7, 11) is -3.56. The molecule has 2 fully saturated rings. The number of nitrogens with zero attached hydrogens (tertiary/aromatic N) is 1. The molecule has 3 rings (SSSR count). The van der Waals surface area contributed by atoms with Gasteiger partial charge in [-0.2, -0.15) is 0 Å². The van der Waals surface area contributed by atoms with Crippen LogP contribution in [0.15, 0.2) is 27.4 Å². The Bertz CT molecular complexity index is 1070. The van der Waals surface area contributed by atoms with Crippen LogP contribution in [0.1, 0.15) is 30.8 Å². The molecule has 0 radical (unpaired) electrons. The molecule has 2 N–H and O–H groups in total. The van der Waals surface area contributed by atoms with Crippen LogP contribution in [-0.4, -0.2) is 67.1 Å². The van der Waals surface area contributed by atoms with E-state index in [4.69, 9.17) is 4.42 Å². The van der Waals surface area contributed by atoms with Crippen LogP contribution in [0.4, 0.5) is 0 Å². The molecular weight excluding hydrogens is 418 g/mol. The quantitative estimate of drug-likeness (QED) is 0.521. The van der Waals surface area contributed by atoms with E-state index in [0.717, 1.165) is 11.0 Å². The fourth-order valence-corrected chi connectivity index (χ4v) is 5.33. The second-order valence-electron chi connectivity index (χ2n) is 7.99. The van der Waals surface area contributed by atoms with E-state index in [9.17, 15) is 32.4 Å². The first-order valence-electron chi connectivity index (χ1n) is 9.13. The first kappa shape index (κ1) is 21.7. The summed E-state index contributed by atoms with van der Waals surface area (Å²) in [6, 6.07) is 1.74. The van der Waals surface area contributed by atoms with Crippen molar-refractivity contribution in [2.75, 3.05) is 18.1 Å². The van der Waals surface area contributed by atoms with Crippen molar-refractivity contribution in [3.8, 4) is 0 Å². The number of nitrogens with one attached hydrogen (secondary N) is 2. The Labute approximate surface area is 171 Å². The fourth-order valence-electron chi connectivity index (χ4n) is 3.47. The van der Waals surface area contributed by atoms with Crippen molar-refractivity contribution in [1.82, 2.24) is 15.5 Å². The molecule has 12 heteroatoms. The molecule has 3 heterocycles. The maximum Gasteiger partial charge on any atom is 0.336 e. The summed E-state index contributed by atoms with van der Waals surface area (Å²) in [4.78, 5) is 61.0. The van der Waals surface area contributed by atoms with Gasteiger partial charge in [0.2, 0.25) is 17.7 Å². The van der Waals surface area contributed by atoms with Gasteiger partial charge < -0.3 is 15.1 Å². The summed E-state index contributed by atoms with van der Waals surface area (Å²) in [5.41, 5.74) is -1.64. The number of carbonyl (C=O) groups excluding carboxylic acids is 4. The van der Waals surface area contributed by atoms with Crippen LogP contribution in [0.5, 0.6) is 0 Å². The summed E-state index contributed by atoms with van der Waals surface area (Å²) in [6.45, 7) is 2.66. The third kappa shape index (κ3) is 4.58. The van der Waals surface area contributed by atoms with Gasteiger partial charge in [0, 0.05) is 12.5 Å². The predicted molar refractivity (Wildman–Crippen MR) is 102 cm³/mol. The van der Waals surface area contributed by atoms with E-state index in [2.05, 4.69) is 10.6 Å². The van der Waals surface area contributed by atoms with Gasteiger partial charge in [0.1, 0.15) is 6.54 Å². The number of carbonyl (C=O) groups is 4. The molecule has 2 unspecified atom stereocenters. The van der Waals surface area contributed by atoms with Crippen LogP contribution in [0.3, 0.4) is 0 Å². The zero-order valence-corrected chi connectivity index (χ0v) is 17.2. The Morgan fingerprint density at radius 3 is 2.33 bits per heavy atom. The molecular formula is C18H21N3O8S. The zero-order chi connectivity index (χ0) is 22.3. The van der Waals surface area contributed by atoms with Crippen molar-refractivity contribution in [3.63, 3.8) is 0 Å². The zero-order valence-electron chi connectivity index (χ0n) is 16.3. The minimum absolute atomic E-state index is 0.0160.